The minimum Gasteiger partial charge on any atom is -0.497 e. The monoisotopic (exact) mass is 411 g/mol. The van der Waals surface area contributed by atoms with Crippen molar-refractivity contribution in [2.24, 2.45) is 0 Å². The zero-order chi connectivity index (χ0) is 21.8. The molecule has 1 aromatic heterocycles. The summed E-state index contributed by atoms with van der Waals surface area (Å²) in [5.74, 6) is 0.00238. The van der Waals surface area contributed by atoms with E-state index in [-0.39, 0.29) is 11.8 Å². The van der Waals surface area contributed by atoms with Crippen LogP contribution in [0.15, 0.2) is 78.9 Å². The Morgan fingerprint density at radius 3 is 2.39 bits per heavy atom. The number of rotatable bonds is 5. The fraction of sp³-hybridized carbons (Fsp3) is 0.0800. The average Bonchev–Trinajstić information content (AvgIpc) is 2.78. The first-order valence-electron chi connectivity index (χ1n) is 9.77. The summed E-state index contributed by atoms with van der Waals surface area (Å²) in [5, 5.41) is 6.48. The molecule has 0 saturated heterocycles. The third kappa shape index (κ3) is 4.38. The molecule has 0 aliphatic carbocycles. The summed E-state index contributed by atoms with van der Waals surface area (Å²) < 4.78 is 5.20. The molecule has 4 rings (SSSR count). The molecule has 6 nitrogen and oxygen atoms in total. The summed E-state index contributed by atoms with van der Waals surface area (Å²) in [6.45, 7) is 1.85. The molecule has 2 amide bonds. The number of aryl methyl sites for hydroxylation is 1. The van der Waals surface area contributed by atoms with E-state index in [1.807, 2.05) is 31.2 Å². The molecule has 1 heterocycles. The molecule has 0 spiro atoms. The molecule has 2 N–H and O–H groups in total. The summed E-state index contributed by atoms with van der Waals surface area (Å²) in [7, 11) is 1.57. The van der Waals surface area contributed by atoms with Crippen molar-refractivity contribution in [2.45, 2.75) is 6.92 Å². The standard InChI is InChI=1S/C25H21N3O3/c1-16-14-21(19-10-3-5-12-22(19)26-16)25(30)28-23-13-6-4-11-20(23)24(29)27-17-8-7-9-18(15-17)31-2/h3-15H,1-2H3,(H,27,29)(H,28,30). The van der Waals surface area contributed by atoms with Gasteiger partial charge in [0.1, 0.15) is 5.75 Å². The Labute approximate surface area is 179 Å². The maximum atomic E-state index is 13.1. The number of carbonyl (C=O) groups is 2. The zero-order valence-corrected chi connectivity index (χ0v) is 17.2. The fourth-order valence-corrected chi connectivity index (χ4v) is 3.37. The highest BCUT2D eigenvalue weighted by atomic mass is 16.5. The van der Waals surface area contributed by atoms with Crippen LogP contribution in [0.25, 0.3) is 10.9 Å². The number of para-hydroxylation sites is 2. The second kappa shape index (κ2) is 8.67. The Balaban J connectivity index is 1.62. The van der Waals surface area contributed by atoms with Crippen molar-refractivity contribution in [1.29, 1.82) is 0 Å². The highest BCUT2D eigenvalue weighted by Crippen LogP contribution is 2.23. The first-order chi connectivity index (χ1) is 15.0. The number of amides is 2. The van der Waals surface area contributed by atoms with E-state index in [2.05, 4.69) is 15.6 Å². The molecule has 0 fully saturated rings. The van der Waals surface area contributed by atoms with Gasteiger partial charge in [-0.2, -0.15) is 0 Å². The number of anilines is 2. The molecular weight excluding hydrogens is 390 g/mol. The number of carbonyl (C=O) groups excluding carboxylic acids is 2. The van der Waals surface area contributed by atoms with Crippen LogP contribution in [0.5, 0.6) is 5.75 Å². The van der Waals surface area contributed by atoms with Crippen molar-refractivity contribution in [1.82, 2.24) is 4.98 Å². The lowest BCUT2D eigenvalue weighted by Gasteiger charge is -2.13. The van der Waals surface area contributed by atoms with E-state index in [1.54, 1.807) is 61.7 Å². The SMILES string of the molecule is COc1cccc(NC(=O)c2ccccc2NC(=O)c2cc(C)nc3ccccc23)c1. The molecule has 3 aromatic carbocycles. The van der Waals surface area contributed by atoms with Gasteiger partial charge in [0.15, 0.2) is 0 Å². The van der Waals surface area contributed by atoms with E-state index in [1.165, 1.54) is 0 Å². The Morgan fingerprint density at radius 1 is 0.806 bits per heavy atom. The number of aromatic nitrogens is 1. The van der Waals surface area contributed by atoms with E-state index in [4.69, 9.17) is 4.74 Å². The summed E-state index contributed by atoms with van der Waals surface area (Å²) in [6.07, 6.45) is 0. The Kier molecular flexibility index (Phi) is 5.62. The maximum Gasteiger partial charge on any atom is 0.257 e. The van der Waals surface area contributed by atoms with Gasteiger partial charge < -0.3 is 15.4 Å². The molecule has 0 aliphatic rings. The van der Waals surface area contributed by atoms with Crippen LogP contribution < -0.4 is 15.4 Å². The van der Waals surface area contributed by atoms with Gasteiger partial charge in [-0.1, -0.05) is 36.4 Å². The third-order valence-corrected chi connectivity index (χ3v) is 4.84. The van der Waals surface area contributed by atoms with Gasteiger partial charge in [0.05, 0.1) is 29.4 Å². The predicted octanol–water partition coefficient (Wildman–Crippen LogP) is 5.06. The van der Waals surface area contributed by atoms with Crippen molar-refractivity contribution < 1.29 is 14.3 Å². The first kappa shape index (κ1) is 20.1. The minimum atomic E-state index is -0.333. The summed E-state index contributed by atoms with van der Waals surface area (Å²) in [6, 6.07) is 23.2. The summed E-state index contributed by atoms with van der Waals surface area (Å²) in [5.41, 5.74) is 3.37. The fourth-order valence-electron chi connectivity index (χ4n) is 3.37. The topological polar surface area (TPSA) is 80.3 Å². The summed E-state index contributed by atoms with van der Waals surface area (Å²) >= 11 is 0. The van der Waals surface area contributed by atoms with Gasteiger partial charge >= 0.3 is 0 Å². The highest BCUT2D eigenvalue weighted by Gasteiger charge is 2.17. The summed E-state index contributed by atoms with van der Waals surface area (Å²) in [4.78, 5) is 30.5. The second-order valence-corrected chi connectivity index (χ2v) is 7.01. The van der Waals surface area contributed by atoms with Crippen LogP contribution in [0, 0.1) is 6.92 Å². The van der Waals surface area contributed by atoms with Crippen molar-refractivity contribution in [3.8, 4) is 5.75 Å². The van der Waals surface area contributed by atoms with Gasteiger partial charge in [0, 0.05) is 22.8 Å². The van der Waals surface area contributed by atoms with E-state index in [0.717, 1.165) is 16.6 Å². The molecule has 0 atom stereocenters. The number of nitrogens with one attached hydrogen (secondary N) is 2. The van der Waals surface area contributed by atoms with Crippen LogP contribution in [-0.2, 0) is 0 Å². The smallest absolute Gasteiger partial charge is 0.257 e. The number of hydrogen-bond acceptors (Lipinski definition) is 4. The van der Waals surface area contributed by atoms with E-state index in [9.17, 15) is 9.59 Å². The molecule has 6 heteroatoms. The van der Waals surface area contributed by atoms with Crippen molar-refractivity contribution >= 4 is 34.1 Å². The number of hydrogen-bond donors (Lipinski definition) is 2. The number of fused-ring (bicyclic) bond motifs is 1. The Bertz CT molecular complexity index is 1280. The van der Waals surface area contributed by atoms with Crippen LogP contribution in [0.4, 0.5) is 11.4 Å². The zero-order valence-electron chi connectivity index (χ0n) is 17.2. The lowest BCUT2D eigenvalue weighted by atomic mass is 10.1. The number of pyridine rings is 1. The number of nitrogens with zero attached hydrogens (tertiary/aromatic N) is 1. The first-order valence-corrected chi connectivity index (χ1v) is 9.77. The maximum absolute atomic E-state index is 13.1. The molecule has 0 bridgehead atoms. The lowest BCUT2D eigenvalue weighted by molar-refractivity contribution is 0.102. The molecule has 154 valence electrons. The van der Waals surface area contributed by atoms with Crippen LogP contribution >= 0.6 is 0 Å². The molecule has 0 radical (unpaired) electrons. The normalized spacial score (nSPS) is 10.5. The van der Waals surface area contributed by atoms with Gasteiger partial charge in [-0.25, -0.2) is 0 Å². The Morgan fingerprint density at radius 2 is 1.55 bits per heavy atom. The number of benzene rings is 3. The quantitative estimate of drug-likeness (QED) is 0.481. The van der Waals surface area contributed by atoms with Crippen molar-refractivity contribution in [3.63, 3.8) is 0 Å². The molecule has 0 aliphatic heterocycles. The highest BCUT2D eigenvalue weighted by molar-refractivity contribution is 6.16. The minimum absolute atomic E-state index is 0.302. The molecule has 0 saturated carbocycles. The Hall–Kier alpha value is -4.19. The van der Waals surface area contributed by atoms with Gasteiger partial charge in [-0.05, 0) is 43.3 Å². The lowest BCUT2D eigenvalue weighted by Crippen LogP contribution is -2.18. The molecule has 4 aromatic rings. The van der Waals surface area contributed by atoms with Crippen LogP contribution in [0.3, 0.4) is 0 Å². The average molecular weight is 411 g/mol. The van der Waals surface area contributed by atoms with Gasteiger partial charge in [0.25, 0.3) is 11.8 Å². The largest absolute Gasteiger partial charge is 0.497 e. The van der Waals surface area contributed by atoms with Crippen LogP contribution in [0.1, 0.15) is 26.4 Å². The van der Waals surface area contributed by atoms with Crippen molar-refractivity contribution in [2.75, 3.05) is 17.7 Å². The van der Waals surface area contributed by atoms with E-state index in [0.29, 0.717) is 28.3 Å². The third-order valence-electron chi connectivity index (χ3n) is 4.84. The van der Waals surface area contributed by atoms with Gasteiger partial charge in [-0.3, -0.25) is 14.6 Å². The van der Waals surface area contributed by atoms with Gasteiger partial charge in [0.2, 0.25) is 0 Å². The van der Waals surface area contributed by atoms with Crippen LogP contribution in [-0.4, -0.2) is 23.9 Å². The second-order valence-electron chi connectivity index (χ2n) is 7.01. The number of methoxy groups -OCH3 is 1. The van der Waals surface area contributed by atoms with E-state index >= 15 is 0 Å². The van der Waals surface area contributed by atoms with Crippen molar-refractivity contribution in [3.05, 3.63) is 95.7 Å². The van der Waals surface area contributed by atoms with Gasteiger partial charge in [-0.15, -0.1) is 0 Å². The molecule has 0 unspecified atom stereocenters. The predicted molar refractivity (Wildman–Crippen MR) is 122 cm³/mol. The molecular formula is C25H21N3O3. The molecule has 31 heavy (non-hydrogen) atoms. The van der Waals surface area contributed by atoms with E-state index < -0.39 is 0 Å². The van der Waals surface area contributed by atoms with Crippen LogP contribution in [0.2, 0.25) is 0 Å². The number of ether oxygens (including phenoxy) is 1.